The van der Waals surface area contributed by atoms with Gasteiger partial charge in [-0.2, -0.15) is 0 Å². The van der Waals surface area contributed by atoms with Crippen LogP contribution in [0.15, 0.2) is 12.3 Å². The molecule has 0 unspecified atom stereocenters. The molecule has 0 saturated heterocycles. The molecule has 0 N–H and O–H groups in total. The number of hydrogen-bond donors (Lipinski definition) is 0. The average molecular weight is 289 g/mol. The highest BCUT2D eigenvalue weighted by Gasteiger charge is 2.21. The van der Waals surface area contributed by atoms with Crippen molar-refractivity contribution in [3.63, 3.8) is 0 Å². The zero-order valence-corrected chi connectivity index (χ0v) is 11.4. The van der Waals surface area contributed by atoms with Crippen LogP contribution in [0.3, 0.4) is 0 Å². The number of esters is 1. The number of amides is 1. The lowest BCUT2D eigenvalue weighted by molar-refractivity contribution is -0.143. The van der Waals surface area contributed by atoms with Gasteiger partial charge in [0.15, 0.2) is 0 Å². The molecular weight excluding hydrogens is 275 g/mol. The molecule has 0 radical (unpaired) electrons. The number of carbonyl (C=O) groups excluding carboxylic acids is 2. The Kier molecular flexibility index (Phi) is 5.69. The number of pyridine rings is 1. The second kappa shape index (κ2) is 7.04. The number of halogens is 2. The van der Waals surface area contributed by atoms with Gasteiger partial charge < -0.3 is 9.64 Å². The molecule has 1 heterocycles. The minimum atomic E-state index is -0.667. The van der Waals surface area contributed by atoms with Crippen LogP contribution in [-0.4, -0.2) is 41.5 Å². The molecular formula is C12H14ClFN2O3. The van der Waals surface area contributed by atoms with Crippen molar-refractivity contribution in [2.24, 2.45) is 0 Å². The Balaban J connectivity index is 2.89. The highest BCUT2D eigenvalue weighted by atomic mass is 35.5. The first kappa shape index (κ1) is 15.4. The molecule has 0 aliphatic carbocycles. The fraction of sp³-hybridized carbons (Fsp3) is 0.417. The third kappa shape index (κ3) is 4.17. The molecule has 104 valence electrons. The lowest BCUT2D eigenvalue weighted by Gasteiger charge is -2.20. The lowest BCUT2D eigenvalue weighted by Crippen LogP contribution is -2.36. The molecule has 7 heteroatoms. The van der Waals surface area contributed by atoms with Crippen LogP contribution in [-0.2, 0) is 9.53 Å². The van der Waals surface area contributed by atoms with Crippen molar-refractivity contribution in [3.8, 4) is 0 Å². The topological polar surface area (TPSA) is 59.5 Å². The summed E-state index contributed by atoms with van der Waals surface area (Å²) in [6, 6.07) is 0.992. The average Bonchev–Trinajstić information content (AvgIpc) is 2.38. The summed E-state index contributed by atoms with van der Waals surface area (Å²) in [7, 11) is 0. The number of nitrogens with zero attached hydrogens (tertiary/aromatic N) is 2. The monoisotopic (exact) mass is 288 g/mol. The van der Waals surface area contributed by atoms with Crippen molar-refractivity contribution < 1.29 is 18.7 Å². The molecule has 19 heavy (non-hydrogen) atoms. The van der Waals surface area contributed by atoms with E-state index < -0.39 is 17.7 Å². The van der Waals surface area contributed by atoms with Crippen molar-refractivity contribution in [1.82, 2.24) is 9.88 Å². The molecule has 1 rings (SSSR count). The van der Waals surface area contributed by atoms with E-state index in [1.807, 2.05) is 0 Å². The van der Waals surface area contributed by atoms with E-state index in [0.717, 1.165) is 12.3 Å². The molecule has 1 aromatic rings. The Morgan fingerprint density at radius 1 is 1.47 bits per heavy atom. The summed E-state index contributed by atoms with van der Waals surface area (Å²) in [5.74, 6) is -1.76. The summed E-state index contributed by atoms with van der Waals surface area (Å²) in [6.07, 6.45) is 0.917. The summed E-state index contributed by atoms with van der Waals surface area (Å²) in [5, 5.41) is -0.103. The molecule has 0 fully saturated rings. The SMILES string of the molecule is CCOC(=O)CN(CC)C(=O)c1cc(F)cnc1Cl. The van der Waals surface area contributed by atoms with Gasteiger partial charge in [0.2, 0.25) is 0 Å². The maximum Gasteiger partial charge on any atom is 0.325 e. The van der Waals surface area contributed by atoms with Crippen LogP contribution < -0.4 is 0 Å². The van der Waals surface area contributed by atoms with E-state index in [0.29, 0.717) is 0 Å². The number of likely N-dealkylation sites (N-methyl/N-ethyl adjacent to an activating group) is 1. The van der Waals surface area contributed by atoms with Gasteiger partial charge in [-0.3, -0.25) is 9.59 Å². The van der Waals surface area contributed by atoms with Crippen LogP contribution in [0.2, 0.25) is 5.15 Å². The first-order valence-corrected chi connectivity index (χ1v) is 6.13. The van der Waals surface area contributed by atoms with Gasteiger partial charge in [-0.15, -0.1) is 0 Å². The Labute approximate surface area is 115 Å². The Hall–Kier alpha value is -1.69. The molecule has 0 spiro atoms. The van der Waals surface area contributed by atoms with E-state index in [1.165, 1.54) is 4.90 Å². The van der Waals surface area contributed by atoms with E-state index >= 15 is 0 Å². The standard InChI is InChI=1S/C12H14ClFN2O3/c1-3-16(7-10(17)19-4-2)12(18)9-5-8(14)6-15-11(9)13/h5-6H,3-4,7H2,1-2H3. The molecule has 1 amide bonds. The highest BCUT2D eigenvalue weighted by molar-refractivity contribution is 6.32. The van der Waals surface area contributed by atoms with E-state index in [2.05, 4.69) is 4.98 Å². The molecule has 0 aromatic carbocycles. The largest absolute Gasteiger partial charge is 0.465 e. The van der Waals surface area contributed by atoms with Gasteiger partial charge in [-0.05, 0) is 19.9 Å². The smallest absolute Gasteiger partial charge is 0.325 e. The first-order valence-electron chi connectivity index (χ1n) is 5.75. The Bertz CT molecular complexity index is 482. The summed E-state index contributed by atoms with van der Waals surface area (Å²) in [4.78, 5) is 28.2. The third-order valence-electron chi connectivity index (χ3n) is 2.33. The van der Waals surface area contributed by atoms with Crippen LogP contribution in [0, 0.1) is 5.82 Å². The molecule has 0 bridgehead atoms. The van der Waals surface area contributed by atoms with Gasteiger partial charge in [-0.25, -0.2) is 9.37 Å². The summed E-state index contributed by atoms with van der Waals surface area (Å²) < 4.78 is 17.8. The fourth-order valence-electron chi connectivity index (χ4n) is 1.43. The van der Waals surface area contributed by atoms with E-state index in [4.69, 9.17) is 16.3 Å². The van der Waals surface area contributed by atoms with Crippen molar-refractivity contribution in [2.45, 2.75) is 13.8 Å². The van der Waals surface area contributed by atoms with Crippen molar-refractivity contribution in [3.05, 3.63) is 28.8 Å². The predicted octanol–water partition coefficient (Wildman–Crippen LogP) is 1.90. The van der Waals surface area contributed by atoms with Gasteiger partial charge in [0.05, 0.1) is 18.4 Å². The fourth-order valence-corrected chi connectivity index (χ4v) is 1.62. The summed E-state index contributed by atoms with van der Waals surface area (Å²) in [5.41, 5.74) is -0.0761. The maximum absolute atomic E-state index is 13.1. The Morgan fingerprint density at radius 3 is 2.74 bits per heavy atom. The summed E-state index contributed by atoms with van der Waals surface area (Å²) in [6.45, 7) is 3.65. The van der Waals surface area contributed by atoms with E-state index in [1.54, 1.807) is 13.8 Å². The third-order valence-corrected chi connectivity index (χ3v) is 2.63. The number of rotatable bonds is 5. The van der Waals surface area contributed by atoms with E-state index in [9.17, 15) is 14.0 Å². The summed E-state index contributed by atoms with van der Waals surface area (Å²) >= 11 is 5.75. The van der Waals surface area contributed by atoms with Crippen molar-refractivity contribution in [2.75, 3.05) is 19.7 Å². The molecule has 0 aliphatic heterocycles. The molecule has 5 nitrogen and oxygen atoms in total. The van der Waals surface area contributed by atoms with Gasteiger partial charge >= 0.3 is 5.97 Å². The quantitative estimate of drug-likeness (QED) is 0.613. The van der Waals surface area contributed by atoms with Crippen LogP contribution >= 0.6 is 11.6 Å². The number of aromatic nitrogens is 1. The minimum absolute atomic E-state index is 0.0761. The van der Waals surface area contributed by atoms with Crippen LogP contribution in [0.5, 0.6) is 0 Å². The van der Waals surface area contributed by atoms with Gasteiger partial charge in [0.1, 0.15) is 17.5 Å². The maximum atomic E-state index is 13.1. The highest BCUT2D eigenvalue weighted by Crippen LogP contribution is 2.16. The normalized spacial score (nSPS) is 10.1. The van der Waals surface area contributed by atoms with Gasteiger partial charge in [0, 0.05) is 6.54 Å². The lowest BCUT2D eigenvalue weighted by atomic mass is 10.2. The van der Waals surface area contributed by atoms with Crippen molar-refractivity contribution in [1.29, 1.82) is 0 Å². The van der Waals surface area contributed by atoms with Gasteiger partial charge in [0.25, 0.3) is 5.91 Å². The second-order valence-electron chi connectivity index (χ2n) is 3.62. The zero-order valence-electron chi connectivity index (χ0n) is 10.7. The van der Waals surface area contributed by atoms with Crippen molar-refractivity contribution >= 4 is 23.5 Å². The Morgan fingerprint density at radius 2 is 2.16 bits per heavy atom. The molecule has 0 aliphatic rings. The zero-order chi connectivity index (χ0) is 14.4. The van der Waals surface area contributed by atoms with Crippen LogP contribution in [0.4, 0.5) is 4.39 Å². The second-order valence-corrected chi connectivity index (χ2v) is 3.97. The predicted molar refractivity (Wildman–Crippen MR) is 67.4 cm³/mol. The van der Waals surface area contributed by atoms with Crippen LogP contribution in [0.1, 0.15) is 24.2 Å². The molecule has 0 atom stereocenters. The number of carbonyl (C=O) groups is 2. The molecule has 1 aromatic heterocycles. The minimum Gasteiger partial charge on any atom is -0.465 e. The molecule has 0 saturated carbocycles. The number of hydrogen-bond acceptors (Lipinski definition) is 4. The number of ether oxygens (including phenoxy) is 1. The van der Waals surface area contributed by atoms with E-state index in [-0.39, 0.29) is 30.4 Å². The first-order chi connectivity index (χ1) is 8.99. The van der Waals surface area contributed by atoms with Gasteiger partial charge in [-0.1, -0.05) is 11.6 Å². The van der Waals surface area contributed by atoms with Crippen LogP contribution in [0.25, 0.3) is 0 Å².